The van der Waals surface area contributed by atoms with Gasteiger partial charge in [0.1, 0.15) is 55.4 Å². The van der Waals surface area contributed by atoms with Gasteiger partial charge in [-0.05, 0) is 99.4 Å². The molecule has 1 unspecified atom stereocenters. The average molecular weight is 944 g/mol. The first-order chi connectivity index (χ1) is 33.2. The van der Waals surface area contributed by atoms with Gasteiger partial charge in [-0.1, -0.05) is 56.2 Å². The number of ether oxygens (including phenoxy) is 2. The van der Waals surface area contributed by atoms with E-state index in [4.69, 9.17) is 36.6 Å². The fraction of sp³-hybridized carbons (Fsp3) is 0.451. The minimum Gasteiger partial charge on any atom is -0.492 e. The van der Waals surface area contributed by atoms with E-state index in [0.29, 0.717) is 51.0 Å². The van der Waals surface area contributed by atoms with Crippen LogP contribution in [0.15, 0.2) is 60.7 Å². The first-order valence-electron chi connectivity index (χ1n) is 23.6. The number of nitriles is 1. The Morgan fingerprint density at radius 2 is 1.54 bits per heavy atom. The van der Waals surface area contributed by atoms with Crippen molar-refractivity contribution in [1.82, 2.24) is 36.1 Å². The van der Waals surface area contributed by atoms with Crippen LogP contribution in [0, 0.1) is 25.2 Å². The summed E-state index contributed by atoms with van der Waals surface area (Å²) < 4.78 is 12.2. The predicted molar refractivity (Wildman–Crippen MR) is 261 cm³/mol. The molecule has 1 aliphatic carbocycles. The number of benzene rings is 3. The quantitative estimate of drug-likeness (QED) is 0.0667. The molecule has 4 atom stereocenters. The van der Waals surface area contributed by atoms with Crippen molar-refractivity contribution in [2.24, 2.45) is 17.2 Å². The van der Waals surface area contributed by atoms with Crippen molar-refractivity contribution in [1.29, 1.82) is 5.26 Å². The number of likely N-dealkylation sites (N-methyl/N-ethyl adjacent to an activating group) is 1. The SMILES string of the molecule is CCCCC1(c2ccc(-c3nc(C)c(C(=O)NC(CCN)C(=O)N(C)[C@@H]4C(=O)N[C@@H](C)C(=O)N[C@H](C(=O)NCC#N)Cc5ccc(OCCN)c(c5)-c5cc4ccc5OCCN)c(C)n3)cc2)CC1. The van der Waals surface area contributed by atoms with Crippen LogP contribution in [0.2, 0.25) is 0 Å². The molecular weight excluding hydrogens is 879 g/mol. The van der Waals surface area contributed by atoms with Crippen molar-refractivity contribution < 1.29 is 33.4 Å². The second-order valence-electron chi connectivity index (χ2n) is 17.7. The van der Waals surface area contributed by atoms with Gasteiger partial charge < -0.3 is 52.8 Å². The molecule has 0 spiro atoms. The highest BCUT2D eigenvalue weighted by molar-refractivity contribution is 6.00. The molecule has 6 rings (SSSR count). The number of carbonyl (C=O) groups is 5. The molecular formula is C51H65N11O7. The highest BCUT2D eigenvalue weighted by Gasteiger charge is 2.43. The summed E-state index contributed by atoms with van der Waals surface area (Å²) in [6.07, 6.45) is 5.91. The summed E-state index contributed by atoms with van der Waals surface area (Å²) in [5.74, 6) is -2.06. The Morgan fingerprint density at radius 1 is 0.899 bits per heavy atom. The number of nitrogens with zero attached hydrogens (tertiary/aromatic N) is 4. The van der Waals surface area contributed by atoms with Crippen LogP contribution in [0.3, 0.4) is 0 Å². The smallest absolute Gasteiger partial charge is 0.255 e. The number of nitrogens with two attached hydrogens (primary N) is 3. The van der Waals surface area contributed by atoms with Gasteiger partial charge in [-0.2, -0.15) is 5.26 Å². The third-order valence-corrected chi connectivity index (χ3v) is 12.7. The molecule has 2 heterocycles. The zero-order chi connectivity index (χ0) is 49.8. The van der Waals surface area contributed by atoms with Gasteiger partial charge in [0, 0.05) is 43.2 Å². The average Bonchev–Trinajstić information content (AvgIpc) is 4.14. The molecule has 0 saturated heterocycles. The molecule has 4 bridgehead atoms. The van der Waals surface area contributed by atoms with Gasteiger partial charge in [-0.15, -0.1) is 0 Å². The van der Waals surface area contributed by atoms with Gasteiger partial charge in [0.15, 0.2) is 5.82 Å². The first-order valence-corrected chi connectivity index (χ1v) is 23.6. The molecule has 1 fully saturated rings. The molecule has 69 heavy (non-hydrogen) atoms. The van der Waals surface area contributed by atoms with Gasteiger partial charge >= 0.3 is 0 Å². The zero-order valence-electron chi connectivity index (χ0n) is 40.2. The normalized spacial score (nSPS) is 17.8. The van der Waals surface area contributed by atoms with Crippen molar-refractivity contribution in [2.75, 3.05) is 46.4 Å². The van der Waals surface area contributed by atoms with Crippen molar-refractivity contribution in [3.05, 3.63) is 94.3 Å². The van der Waals surface area contributed by atoms with Crippen molar-refractivity contribution in [3.63, 3.8) is 0 Å². The van der Waals surface area contributed by atoms with E-state index in [2.05, 4.69) is 40.3 Å². The Bertz CT molecular complexity index is 2530. The minimum absolute atomic E-state index is 0.00349. The maximum absolute atomic E-state index is 14.8. The van der Waals surface area contributed by atoms with Gasteiger partial charge in [-0.3, -0.25) is 24.0 Å². The first kappa shape index (κ1) is 51.5. The number of hydrogen-bond acceptors (Lipinski definition) is 13. The lowest BCUT2D eigenvalue weighted by Gasteiger charge is -2.32. The molecule has 4 aromatic rings. The lowest BCUT2D eigenvalue weighted by atomic mass is 9.90. The van der Waals surface area contributed by atoms with Crippen LogP contribution >= 0.6 is 0 Å². The Hall–Kier alpha value is -6.94. The molecule has 5 amide bonds. The molecule has 10 N–H and O–H groups in total. The zero-order valence-corrected chi connectivity index (χ0v) is 40.2. The molecule has 18 heteroatoms. The van der Waals surface area contributed by atoms with Gasteiger partial charge in [0.25, 0.3) is 5.91 Å². The third-order valence-electron chi connectivity index (χ3n) is 12.7. The fourth-order valence-corrected chi connectivity index (χ4v) is 8.86. The molecule has 1 saturated carbocycles. The van der Waals surface area contributed by atoms with Gasteiger partial charge in [0.05, 0.1) is 23.0 Å². The number of fused-ring (bicyclic) bond motifs is 5. The minimum atomic E-state index is -1.40. The van der Waals surface area contributed by atoms with Crippen LogP contribution in [0.1, 0.15) is 96.9 Å². The van der Waals surface area contributed by atoms with Gasteiger partial charge in [-0.25, -0.2) is 9.97 Å². The lowest BCUT2D eigenvalue weighted by molar-refractivity contribution is -0.141. The van der Waals surface area contributed by atoms with Crippen LogP contribution in [0.5, 0.6) is 11.5 Å². The monoisotopic (exact) mass is 944 g/mol. The van der Waals surface area contributed by atoms with E-state index in [1.54, 1.807) is 50.2 Å². The van der Waals surface area contributed by atoms with Crippen LogP contribution < -0.4 is 47.9 Å². The second-order valence-corrected chi connectivity index (χ2v) is 17.7. The van der Waals surface area contributed by atoms with E-state index in [-0.39, 0.29) is 63.2 Å². The predicted octanol–water partition coefficient (Wildman–Crippen LogP) is 3.16. The summed E-state index contributed by atoms with van der Waals surface area (Å²) in [4.78, 5) is 81.4. The number of hydrogen-bond donors (Lipinski definition) is 7. The standard InChI is InChI=1S/C51H65N11O7/c1-6-7-17-51(18-19-51)36-12-9-34(10-13-36)45-57-30(2)43(31(3)58-45)48(65)60-39(16-20-52)50(67)62(5)44-35-11-15-42(69-26-23-55)38(29-35)37-27-33(8-14-41(37)68-25-22-54)28-40(47(64)56-24-21-53)61-46(63)32(4)59-49(44)66/h8-15,27,29,32,39-40,44H,6-7,16-20,22-26,28,52,54-55H2,1-5H3,(H,56,64)(H,59,66)(H,60,65)(H,61,63)/t32-,39?,40-,44-/m0/s1. The van der Waals surface area contributed by atoms with Crippen molar-refractivity contribution >= 4 is 29.5 Å². The molecule has 1 aliphatic heterocycles. The maximum atomic E-state index is 14.8. The Kier molecular flexibility index (Phi) is 17.4. The van der Waals surface area contributed by atoms with Crippen LogP contribution in [-0.4, -0.2) is 109 Å². The Labute approximate surface area is 403 Å². The number of amides is 5. The second kappa shape index (κ2) is 23.4. The lowest BCUT2D eigenvalue weighted by Crippen LogP contribution is -2.56. The van der Waals surface area contributed by atoms with Gasteiger partial charge in [0.2, 0.25) is 23.6 Å². The number of nitrogens with one attached hydrogen (secondary N) is 4. The highest BCUT2D eigenvalue weighted by Crippen LogP contribution is 2.52. The van der Waals surface area contributed by atoms with E-state index in [1.165, 1.54) is 50.1 Å². The molecule has 1 aromatic heterocycles. The molecule has 0 radical (unpaired) electrons. The largest absolute Gasteiger partial charge is 0.492 e. The van der Waals surface area contributed by atoms with E-state index < -0.39 is 53.7 Å². The number of carbonyl (C=O) groups excluding carboxylic acids is 5. The highest BCUT2D eigenvalue weighted by atomic mass is 16.5. The van der Waals surface area contributed by atoms with Crippen molar-refractivity contribution in [3.8, 4) is 40.1 Å². The van der Waals surface area contributed by atoms with Crippen LogP contribution in [-0.2, 0) is 31.0 Å². The summed E-state index contributed by atoms with van der Waals surface area (Å²) >= 11 is 0. The van der Waals surface area contributed by atoms with Crippen LogP contribution in [0.4, 0.5) is 0 Å². The molecule has 3 aromatic carbocycles. The van der Waals surface area contributed by atoms with Crippen molar-refractivity contribution in [2.45, 2.75) is 102 Å². The molecule has 18 nitrogen and oxygen atoms in total. The number of rotatable bonds is 19. The molecule has 2 aliphatic rings. The van der Waals surface area contributed by atoms with Crippen LogP contribution in [0.25, 0.3) is 22.5 Å². The maximum Gasteiger partial charge on any atom is 0.255 e. The van der Waals surface area contributed by atoms with E-state index in [0.717, 1.165) is 12.0 Å². The van der Waals surface area contributed by atoms with E-state index in [1.807, 2.05) is 18.2 Å². The Morgan fingerprint density at radius 3 is 2.13 bits per heavy atom. The Balaban J connectivity index is 1.35. The summed E-state index contributed by atoms with van der Waals surface area (Å²) in [6.45, 7) is 7.47. The summed E-state index contributed by atoms with van der Waals surface area (Å²) in [5, 5.41) is 20.0. The topological polar surface area (TPSA) is 283 Å². The van der Waals surface area contributed by atoms with E-state index in [9.17, 15) is 29.2 Å². The third kappa shape index (κ3) is 12.2. The number of aryl methyl sites for hydroxylation is 2. The fourth-order valence-electron chi connectivity index (χ4n) is 8.86. The number of aromatic nitrogens is 2. The summed E-state index contributed by atoms with van der Waals surface area (Å²) in [5.41, 5.74) is 23.1. The number of unbranched alkanes of at least 4 members (excludes halogenated alkanes) is 1. The summed E-state index contributed by atoms with van der Waals surface area (Å²) in [6, 6.07) is 15.4. The summed E-state index contributed by atoms with van der Waals surface area (Å²) in [7, 11) is 1.43. The molecule has 366 valence electrons. The van der Waals surface area contributed by atoms with E-state index >= 15 is 0 Å².